The summed E-state index contributed by atoms with van der Waals surface area (Å²) in [5.41, 5.74) is 0.279. The second-order valence-electron chi connectivity index (χ2n) is 4.48. The third-order valence-electron chi connectivity index (χ3n) is 3.13. The molecule has 0 bridgehead atoms. The summed E-state index contributed by atoms with van der Waals surface area (Å²) in [5, 5.41) is 3.87. The average molecular weight is 259 g/mol. The minimum Gasteiger partial charge on any atom is -0.464 e. The maximum atomic E-state index is 13.6. The largest absolute Gasteiger partial charge is 0.464 e. The van der Waals surface area contributed by atoms with Crippen LogP contribution < -0.4 is 5.32 Å². The van der Waals surface area contributed by atoms with Gasteiger partial charge in [-0.1, -0.05) is 12.1 Å². The number of fused-ring (bicyclic) bond motifs is 1. The summed E-state index contributed by atoms with van der Waals surface area (Å²) in [5.74, 6) is 1.86. The van der Waals surface area contributed by atoms with Crippen molar-refractivity contribution >= 4 is 11.0 Å². The first kappa shape index (κ1) is 12.0. The van der Waals surface area contributed by atoms with E-state index in [1.165, 1.54) is 6.07 Å². The van der Waals surface area contributed by atoms with Gasteiger partial charge in [0.25, 0.3) is 0 Å². The summed E-state index contributed by atoms with van der Waals surface area (Å²) in [6.07, 6.45) is 0. The third-order valence-corrected chi connectivity index (χ3v) is 3.13. The van der Waals surface area contributed by atoms with Crippen LogP contribution in [0.3, 0.4) is 0 Å². The van der Waals surface area contributed by atoms with Crippen molar-refractivity contribution < 1.29 is 13.2 Å². The Kier molecular flexibility index (Phi) is 2.87. The van der Waals surface area contributed by atoms with Gasteiger partial charge >= 0.3 is 0 Å². The molecule has 0 amide bonds. The summed E-state index contributed by atoms with van der Waals surface area (Å²) in [6.45, 7) is 1.88. The van der Waals surface area contributed by atoms with Crippen LogP contribution in [0.5, 0.6) is 0 Å². The van der Waals surface area contributed by atoms with E-state index in [4.69, 9.17) is 8.83 Å². The van der Waals surface area contributed by atoms with E-state index >= 15 is 0 Å². The van der Waals surface area contributed by atoms with Crippen LogP contribution in [-0.4, -0.2) is 7.05 Å². The first-order valence-electron chi connectivity index (χ1n) is 6.10. The normalized spacial score (nSPS) is 13.0. The Morgan fingerprint density at radius 1 is 1.11 bits per heavy atom. The summed E-state index contributed by atoms with van der Waals surface area (Å²) in [6, 6.07) is 10.3. The molecule has 0 saturated heterocycles. The van der Waals surface area contributed by atoms with E-state index in [2.05, 4.69) is 5.32 Å². The number of hydrogen-bond donors (Lipinski definition) is 1. The van der Waals surface area contributed by atoms with Crippen molar-refractivity contribution in [1.29, 1.82) is 0 Å². The van der Waals surface area contributed by atoms with Gasteiger partial charge in [-0.25, -0.2) is 4.39 Å². The van der Waals surface area contributed by atoms with Crippen LogP contribution in [0, 0.1) is 12.7 Å². The summed E-state index contributed by atoms with van der Waals surface area (Å²) in [4.78, 5) is 0. The predicted octanol–water partition coefficient (Wildman–Crippen LogP) is 3.78. The Balaban J connectivity index is 2.09. The third kappa shape index (κ3) is 2.04. The highest BCUT2D eigenvalue weighted by molar-refractivity contribution is 5.78. The smallest absolute Gasteiger partial charge is 0.169 e. The van der Waals surface area contributed by atoms with Gasteiger partial charge in [-0.05, 0) is 38.2 Å². The summed E-state index contributed by atoms with van der Waals surface area (Å²) < 4.78 is 24.9. The molecule has 4 heteroatoms. The Bertz CT molecular complexity index is 714. The molecule has 2 aromatic heterocycles. The zero-order valence-electron chi connectivity index (χ0n) is 10.7. The van der Waals surface area contributed by atoms with Gasteiger partial charge in [0.15, 0.2) is 11.4 Å². The van der Waals surface area contributed by atoms with E-state index in [1.54, 1.807) is 6.07 Å². The molecule has 1 unspecified atom stereocenters. The van der Waals surface area contributed by atoms with E-state index in [-0.39, 0.29) is 17.4 Å². The molecule has 0 aliphatic carbocycles. The van der Waals surface area contributed by atoms with Crippen molar-refractivity contribution in [3.63, 3.8) is 0 Å². The molecular formula is C15H14FNO2. The zero-order valence-corrected chi connectivity index (χ0v) is 10.7. The predicted molar refractivity (Wildman–Crippen MR) is 70.5 cm³/mol. The van der Waals surface area contributed by atoms with Crippen LogP contribution in [0.25, 0.3) is 11.0 Å². The van der Waals surface area contributed by atoms with Gasteiger partial charge in [-0.3, -0.25) is 0 Å². The second kappa shape index (κ2) is 4.55. The van der Waals surface area contributed by atoms with Gasteiger partial charge in [-0.15, -0.1) is 0 Å². The Morgan fingerprint density at radius 2 is 1.95 bits per heavy atom. The Hall–Kier alpha value is -2.07. The van der Waals surface area contributed by atoms with E-state index in [1.807, 2.05) is 38.2 Å². The van der Waals surface area contributed by atoms with Crippen LogP contribution in [0.1, 0.15) is 23.3 Å². The number of benzene rings is 1. The molecule has 2 heterocycles. The number of hydrogen-bond acceptors (Lipinski definition) is 3. The zero-order chi connectivity index (χ0) is 13.4. The minimum absolute atomic E-state index is 0.222. The van der Waals surface area contributed by atoms with Gasteiger partial charge in [0.2, 0.25) is 0 Å². The van der Waals surface area contributed by atoms with E-state index in [9.17, 15) is 4.39 Å². The quantitative estimate of drug-likeness (QED) is 0.777. The van der Waals surface area contributed by atoms with Crippen molar-refractivity contribution in [2.75, 3.05) is 7.05 Å². The molecule has 0 radical (unpaired) electrons. The molecule has 0 saturated carbocycles. The fraction of sp³-hybridized carbons (Fsp3) is 0.200. The lowest BCUT2D eigenvalue weighted by Gasteiger charge is -2.10. The lowest BCUT2D eigenvalue weighted by Crippen LogP contribution is -2.16. The molecule has 3 nitrogen and oxygen atoms in total. The minimum atomic E-state index is -0.353. The molecule has 19 heavy (non-hydrogen) atoms. The SMILES string of the molecule is CNC(c1ccc(C)o1)c1cc2cccc(F)c2o1. The van der Waals surface area contributed by atoms with Crippen molar-refractivity contribution in [1.82, 2.24) is 5.32 Å². The lowest BCUT2D eigenvalue weighted by atomic mass is 10.1. The number of furan rings is 2. The number of para-hydroxylation sites is 1. The molecule has 0 fully saturated rings. The molecule has 0 aliphatic heterocycles. The molecule has 1 aromatic carbocycles. The van der Waals surface area contributed by atoms with Gasteiger partial charge in [0.05, 0.1) is 0 Å². The van der Waals surface area contributed by atoms with E-state index in [0.29, 0.717) is 5.76 Å². The van der Waals surface area contributed by atoms with Crippen LogP contribution in [0.2, 0.25) is 0 Å². The van der Waals surface area contributed by atoms with Crippen LogP contribution in [0.15, 0.2) is 45.2 Å². The molecular weight excluding hydrogens is 245 g/mol. The van der Waals surface area contributed by atoms with Crippen molar-refractivity contribution in [3.05, 3.63) is 59.5 Å². The Morgan fingerprint density at radius 3 is 2.58 bits per heavy atom. The Labute approximate surface area is 110 Å². The van der Waals surface area contributed by atoms with Gasteiger partial charge in [0, 0.05) is 5.39 Å². The highest BCUT2D eigenvalue weighted by Crippen LogP contribution is 2.30. The van der Waals surface area contributed by atoms with E-state index in [0.717, 1.165) is 16.9 Å². The van der Waals surface area contributed by atoms with Crippen molar-refractivity contribution in [3.8, 4) is 0 Å². The maximum Gasteiger partial charge on any atom is 0.169 e. The fourth-order valence-corrected chi connectivity index (χ4v) is 2.22. The van der Waals surface area contributed by atoms with Crippen LogP contribution >= 0.6 is 0 Å². The van der Waals surface area contributed by atoms with Crippen molar-refractivity contribution in [2.24, 2.45) is 0 Å². The molecule has 98 valence electrons. The van der Waals surface area contributed by atoms with Crippen LogP contribution in [-0.2, 0) is 0 Å². The topological polar surface area (TPSA) is 38.3 Å². The number of aryl methyl sites for hydroxylation is 1. The number of nitrogens with one attached hydrogen (secondary N) is 1. The van der Waals surface area contributed by atoms with Gasteiger partial charge < -0.3 is 14.2 Å². The highest BCUT2D eigenvalue weighted by atomic mass is 19.1. The average Bonchev–Trinajstić information content (AvgIpc) is 2.98. The molecule has 3 aromatic rings. The molecule has 0 spiro atoms. The lowest BCUT2D eigenvalue weighted by molar-refractivity contribution is 0.401. The molecule has 1 N–H and O–H groups in total. The molecule has 3 rings (SSSR count). The monoisotopic (exact) mass is 259 g/mol. The summed E-state index contributed by atoms with van der Waals surface area (Å²) in [7, 11) is 1.81. The maximum absolute atomic E-state index is 13.6. The number of halogens is 1. The first-order valence-corrected chi connectivity index (χ1v) is 6.10. The number of rotatable bonds is 3. The fourth-order valence-electron chi connectivity index (χ4n) is 2.22. The summed E-state index contributed by atoms with van der Waals surface area (Å²) >= 11 is 0. The van der Waals surface area contributed by atoms with Gasteiger partial charge in [-0.2, -0.15) is 0 Å². The standard InChI is InChI=1S/C15H14FNO2/c1-9-6-7-12(18-9)14(17-2)13-8-10-4-3-5-11(16)15(10)19-13/h3-8,14,17H,1-2H3. The van der Waals surface area contributed by atoms with Crippen LogP contribution in [0.4, 0.5) is 4.39 Å². The molecule has 0 aliphatic rings. The second-order valence-corrected chi connectivity index (χ2v) is 4.48. The van der Waals surface area contributed by atoms with Crippen molar-refractivity contribution in [2.45, 2.75) is 13.0 Å². The van der Waals surface area contributed by atoms with E-state index < -0.39 is 0 Å². The highest BCUT2D eigenvalue weighted by Gasteiger charge is 2.20. The van der Waals surface area contributed by atoms with Gasteiger partial charge in [0.1, 0.15) is 23.3 Å². The first-order chi connectivity index (χ1) is 9.19. The molecule has 1 atom stereocenters.